The summed E-state index contributed by atoms with van der Waals surface area (Å²) >= 11 is 0. The van der Waals surface area contributed by atoms with Crippen molar-refractivity contribution in [3.8, 4) is 11.8 Å². The van der Waals surface area contributed by atoms with Crippen LogP contribution < -0.4 is 15.4 Å². The van der Waals surface area contributed by atoms with Gasteiger partial charge in [0.2, 0.25) is 0 Å². The maximum Gasteiger partial charge on any atom is 0.258 e. The Balaban J connectivity index is 2.58. The number of benzene rings is 1. The highest BCUT2D eigenvalue weighted by atomic mass is 16.5. The molecular formula is C16H23N3O2. The minimum absolute atomic E-state index is 0.000720. The molecule has 5 heteroatoms. The molecule has 0 heterocycles. The van der Waals surface area contributed by atoms with Crippen LogP contribution in [0.25, 0.3) is 0 Å². The number of aryl methyl sites for hydroxylation is 1. The van der Waals surface area contributed by atoms with Gasteiger partial charge in [-0.05, 0) is 44.0 Å². The summed E-state index contributed by atoms with van der Waals surface area (Å²) in [4.78, 5) is 11.4. The van der Waals surface area contributed by atoms with Gasteiger partial charge >= 0.3 is 0 Å². The first-order chi connectivity index (χ1) is 10.1. The molecule has 0 spiro atoms. The fraction of sp³-hybridized carbons (Fsp3) is 0.500. The van der Waals surface area contributed by atoms with Gasteiger partial charge in [-0.1, -0.05) is 19.1 Å². The second-order valence-electron chi connectivity index (χ2n) is 4.92. The van der Waals surface area contributed by atoms with Crippen molar-refractivity contribution in [1.29, 1.82) is 5.26 Å². The van der Waals surface area contributed by atoms with E-state index < -0.39 is 0 Å². The Bertz CT molecular complexity index is 509. The maximum atomic E-state index is 11.4. The van der Waals surface area contributed by atoms with Crippen LogP contribution in [0.5, 0.6) is 5.75 Å². The summed E-state index contributed by atoms with van der Waals surface area (Å²) in [6, 6.07) is 8.09. The molecule has 0 aliphatic carbocycles. The zero-order chi connectivity index (χ0) is 15.7. The molecule has 0 aliphatic heterocycles. The Morgan fingerprint density at radius 1 is 1.48 bits per heavy atom. The van der Waals surface area contributed by atoms with Gasteiger partial charge in [0.15, 0.2) is 6.61 Å². The predicted octanol–water partition coefficient (Wildman–Crippen LogP) is 2.07. The molecule has 0 fully saturated rings. The second-order valence-corrected chi connectivity index (χ2v) is 4.92. The number of nitrogens with zero attached hydrogens (tertiary/aromatic N) is 1. The van der Waals surface area contributed by atoms with Gasteiger partial charge in [-0.2, -0.15) is 5.26 Å². The van der Waals surface area contributed by atoms with Gasteiger partial charge in [-0.15, -0.1) is 0 Å². The predicted molar refractivity (Wildman–Crippen MR) is 82.0 cm³/mol. The molecule has 2 N–H and O–H groups in total. The van der Waals surface area contributed by atoms with Crippen LogP contribution in [0.4, 0.5) is 0 Å². The van der Waals surface area contributed by atoms with Gasteiger partial charge in [-0.25, -0.2) is 0 Å². The van der Waals surface area contributed by atoms with Crippen molar-refractivity contribution in [2.75, 3.05) is 19.7 Å². The molecule has 5 nitrogen and oxygen atoms in total. The average Bonchev–Trinajstić information content (AvgIpc) is 2.49. The van der Waals surface area contributed by atoms with E-state index in [1.54, 1.807) is 0 Å². The Labute approximate surface area is 126 Å². The summed E-state index contributed by atoms with van der Waals surface area (Å²) in [6.07, 6.45) is 1.10. The molecular weight excluding hydrogens is 266 g/mol. The highest BCUT2D eigenvalue weighted by Gasteiger charge is 2.08. The molecule has 0 radical (unpaired) electrons. The van der Waals surface area contributed by atoms with Crippen molar-refractivity contribution in [2.45, 2.75) is 33.2 Å². The third-order valence-corrected chi connectivity index (χ3v) is 3.12. The number of ether oxygens (including phenoxy) is 1. The highest BCUT2D eigenvalue weighted by molar-refractivity contribution is 5.77. The third kappa shape index (κ3) is 5.84. The first-order valence-electron chi connectivity index (χ1n) is 7.18. The standard InChI is InChI=1S/C16H23N3O2/c1-4-8-18-13(3)14-5-6-15(12(2)10-14)21-11-16(20)19-9-7-17/h5-6,10,13,18H,4,8-9,11H2,1-3H3,(H,19,20). The molecule has 21 heavy (non-hydrogen) atoms. The topological polar surface area (TPSA) is 74.2 Å². The number of carbonyl (C=O) groups is 1. The van der Waals surface area contributed by atoms with Crippen LogP contribution in [0.15, 0.2) is 18.2 Å². The maximum absolute atomic E-state index is 11.4. The Morgan fingerprint density at radius 2 is 2.24 bits per heavy atom. The van der Waals surface area contributed by atoms with Crippen LogP contribution in [0, 0.1) is 18.3 Å². The van der Waals surface area contributed by atoms with Crippen LogP contribution in [-0.4, -0.2) is 25.6 Å². The van der Waals surface area contributed by atoms with E-state index >= 15 is 0 Å². The van der Waals surface area contributed by atoms with E-state index in [1.807, 2.05) is 25.1 Å². The fourth-order valence-electron chi connectivity index (χ4n) is 1.92. The highest BCUT2D eigenvalue weighted by Crippen LogP contribution is 2.22. The molecule has 0 bridgehead atoms. The van der Waals surface area contributed by atoms with Crippen LogP contribution in [0.2, 0.25) is 0 Å². The smallest absolute Gasteiger partial charge is 0.258 e. The molecule has 1 atom stereocenters. The van der Waals surface area contributed by atoms with Gasteiger partial charge in [0.05, 0.1) is 6.07 Å². The SMILES string of the molecule is CCCNC(C)c1ccc(OCC(=O)NCC#N)c(C)c1. The van der Waals surface area contributed by atoms with Crippen LogP contribution in [0.3, 0.4) is 0 Å². The zero-order valence-electron chi connectivity index (χ0n) is 12.9. The van der Waals surface area contributed by atoms with Crippen molar-refractivity contribution in [2.24, 2.45) is 0 Å². The summed E-state index contributed by atoms with van der Waals surface area (Å²) in [5.74, 6) is 0.395. The van der Waals surface area contributed by atoms with E-state index in [0.29, 0.717) is 5.75 Å². The number of rotatable bonds is 8. The fourth-order valence-corrected chi connectivity index (χ4v) is 1.92. The van der Waals surface area contributed by atoms with Crippen molar-refractivity contribution in [3.63, 3.8) is 0 Å². The quantitative estimate of drug-likeness (QED) is 0.719. The number of carbonyl (C=O) groups excluding carboxylic acids is 1. The van der Waals surface area contributed by atoms with E-state index in [2.05, 4.69) is 30.5 Å². The summed E-state index contributed by atoms with van der Waals surface area (Å²) in [7, 11) is 0. The molecule has 114 valence electrons. The van der Waals surface area contributed by atoms with Crippen LogP contribution >= 0.6 is 0 Å². The minimum Gasteiger partial charge on any atom is -0.484 e. The lowest BCUT2D eigenvalue weighted by atomic mass is 10.0. The number of nitrogens with one attached hydrogen (secondary N) is 2. The molecule has 0 aliphatic rings. The molecule has 1 aromatic carbocycles. The zero-order valence-corrected chi connectivity index (χ0v) is 12.9. The monoisotopic (exact) mass is 289 g/mol. The summed E-state index contributed by atoms with van der Waals surface area (Å²) in [6.45, 7) is 7.13. The van der Waals surface area contributed by atoms with Gasteiger partial charge in [0.25, 0.3) is 5.91 Å². The first-order valence-corrected chi connectivity index (χ1v) is 7.18. The van der Waals surface area contributed by atoms with Crippen LogP contribution in [-0.2, 0) is 4.79 Å². The molecule has 0 saturated heterocycles. The average molecular weight is 289 g/mol. The van der Waals surface area contributed by atoms with Gasteiger partial charge in [-0.3, -0.25) is 4.79 Å². The van der Waals surface area contributed by atoms with E-state index in [0.717, 1.165) is 18.5 Å². The normalized spacial score (nSPS) is 11.5. The molecule has 1 amide bonds. The van der Waals surface area contributed by atoms with E-state index in [1.165, 1.54) is 5.56 Å². The number of nitriles is 1. The Hall–Kier alpha value is -2.06. The molecule has 1 aromatic rings. The molecule has 1 unspecified atom stereocenters. The van der Waals surface area contributed by atoms with Gasteiger partial charge in [0, 0.05) is 6.04 Å². The Morgan fingerprint density at radius 3 is 2.86 bits per heavy atom. The summed E-state index contributed by atoms with van der Waals surface area (Å²) in [5, 5.41) is 14.2. The number of hydrogen-bond donors (Lipinski definition) is 2. The number of amides is 1. The van der Waals surface area contributed by atoms with E-state index in [4.69, 9.17) is 10.00 Å². The van der Waals surface area contributed by atoms with Gasteiger partial charge < -0.3 is 15.4 Å². The molecule has 0 saturated carbocycles. The van der Waals surface area contributed by atoms with Crippen molar-refractivity contribution in [3.05, 3.63) is 29.3 Å². The summed E-state index contributed by atoms with van der Waals surface area (Å²) in [5.41, 5.74) is 2.19. The van der Waals surface area contributed by atoms with Gasteiger partial charge in [0.1, 0.15) is 12.3 Å². The van der Waals surface area contributed by atoms with Crippen LogP contribution in [0.1, 0.15) is 37.4 Å². The van der Waals surface area contributed by atoms with Crippen molar-refractivity contribution in [1.82, 2.24) is 10.6 Å². The first kappa shape index (κ1) is 17.0. The summed E-state index contributed by atoms with van der Waals surface area (Å²) < 4.78 is 5.47. The van der Waals surface area contributed by atoms with E-state index in [9.17, 15) is 4.79 Å². The Kier molecular flexibility index (Phi) is 7.27. The lowest BCUT2D eigenvalue weighted by molar-refractivity contribution is -0.122. The lowest BCUT2D eigenvalue weighted by Gasteiger charge is -2.16. The largest absolute Gasteiger partial charge is 0.484 e. The molecule has 0 aromatic heterocycles. The second kappa shape index (κ2) is 8.98. The lowest BCUT2D eigenvalue weighted by Crippen LogP contribution is -2.29. The van der Waals surface area contributed by atoms with Crippen molar-refractivity contribution < 1.29 is 9.53 Å². The minimum atomic E-state index is -0.294. The number of hydrogen-bond acceptors (Lipinski definition) is 4. The third-order valence-electron chi connectivity index (χ3n) is 3.12. The van der Waals surface area contributed by atoms with E-state index in [-0.39, 0.29) is 25.1 Å². The molecule has 1 rings (SSSR count). The van der Waals surface area contributed by atoms with Crippen molar-refractivity contribution >= 4 is 5.91 Å².